The molecule has 2 aromatic carbocycles. The monoisotopic (exact) mass is 365 g/mol. The number of benzene rings is 2. The van der Waals surface area contributed by atoms with E-state index in [4.69, 9.17) is 4.74 Å². The average Bonchev–Trinajstić information content (AvgIpc) is 3.15. The highest BCUT2D eigenvalue weighted by molar-refractivity contribution is 5.69. The third kappa shape index (κ3) is 5.93. The molecule has 3 heteroatoms. The first-order valence-corrected chi connectivity index (χ1v) is 10.2. The Morgan fingerprint density at radius 3 is 2.33 bits per heavy atom. The summed E-state index contributed by atoms with van der Waals surface area (Å²) in [6.07, 6.45) is 5.09. The van der Waals surface area contributed by atoms with Crippen molar-refractivity contribution in [3.05, 3.63) is 71.8 Å². The molecule has 1 fully saturated rings. The lowest BCUT2D eigenvalue weighted by Gasteiger charge is -2.33. The van der Waals surface area contributed by atoms with E-state index in [0.29, 0.717) is 25.0 Å². The van der Waals surface area contributed by atoms with Gasteiger partial charge in [-0.25, -0.2) is 0 Å². The fourth-order valence-corrected chi connectivity index (χ4v) is 4.27. The zero-order valence-electron chi connectivity index (χ0n) is 16.3. The molecule has 0 aliphatic heterocycles. The Morgan fingerprint density at radius 2 is 1.67 bits per heavy atom. The van der Waals surface area contributed by atoms with Crippen LogP contribution in [-0.2, 0) is 22.5 Å². The lowest BCUT2D eigenvalue weighted by Crippen LogP contribution is -2.39. The van der Waals surface area contributed by atoms with E-state index < -0.39 is 0 Å². The second-order valence-electron chi connectivity index (χ2n) is 7.46. The molecule has 0 aromatic heterocycles. The van der Waals surface area contributed by atoms with Gasteiger partial charge >= 0.3 is 5.97 Å². The highest BCUT2D eigenvalue weighted by Gasteiger charge is 2.33. The lowest BCUT2D eigenvalue weighted by atomic mass is 9.97. The van der Waals surface area contributed by atoms with Crippen molar-refractivity contribution in [2.24, 2.45) is 5.92 Å². The van der Waals surface area contributed by atoms with Crippen LogP contribution < -0.4 is 0 Å². The molecule has 27 heavy (non-hydrogen) atoms. The second-order valence-corrected chi connectivity index (χ2v) is 7.46. The Balaban J connectivity index is 1.70. The van der Waals surface area contributed by atoms with Crippen LogP contribution in [0.4, 0.5) is 0 Å². The maximum absolute atomic E-state index is 12.1. The summed E-state index contributed by atoms with van der Waals surface area (Å²) in [5.74, 6) is 0.362. The Hall–Kier alpha value is -2.13. The number of carbonyl (C=O) groups is 1. The number of esters is 1. The van der Waals surface area contributed by atoms with Crippen LogP contribution >= 0.6 is 0 Å². The molecule has 144 valence electrons. The maximum atomic E-state index is 12.1. The van der Waals surface area contributed by atoms with Gasteiger partial charge in [0, 0.05) is 25.6 Å². The molecule has 2 atom stereocenters. The summed E-state index contributed by atoms with van der Waals surface area (Å²) >= 11 is 0. The van der Waals surface area contributed by atoms with Crippen molar-refractivity contribution in [2.45, 2.75) is 51.6 Å². The van der Waals surface area contributed by atoms with E-state index in [1.807, 2.05) is 6.92 Å². The highest BCUT2D eigenvalue weighted by Crippen LogP contribution is 2.33. The predicted octanol–water partition coefficient (Wildman–Crippen LogP) is 4.85. The Morgan fingerprint density at radius 1 is 1.00 bits per heavy atom. The first-order chi connectivity index (χ1) is 13.3. The number of ether oxygens (including phenoxy) is 1. The van der Waals surface area contributed by atoms with E-state index in [2.05, 4.69) is 65.6 Å². The van der Waals surface area contributed by atoms with Crippen LogP contribution in [-0.4, -0.2) is 30.1 Å². The third-order valence-electron chi connectivity index (χ3n) is 5.58. The highest BCUT2D eigenvalue weighted by atomic mass is 16.5. The molecule has 1 aliphatic rings. The fourth-order valence-electron chi connectivity index (χ4n) is 4.27. The molecule has 3 rings (SSSR count). The number of carbonyl (C=O) groups excluding carboxylic acids is 1. The van der Waals surface area contributed by atoms with Crippen molar-refractivity contribution in [1.82, 2.24) is 4.90 Å². The molecule has 1 saturated carbocycles. The lowest BCUT2D eigenvalue weighted by molar-refractivity contribution is -0.144. The number of hydrogen-bond donors (Lipinski definition) is 0. The van der Waals surface area contributed by atoms with Crippen LogP contribution in [0.1, 0.15) is 43.7 Å². The Labute approximate surface area is 163 Å². The van der Waals surface area contributed by atoms with Crippen molar-refractivity contribution in [3.8, 4) is 0 Å². The molecule has 0 heterocycles. The zero-order chi connectivity index (χ0) is 18.9. The molecule has 2 aromatic rings. The van der Waals surface area contributed by atoms with Crippen molar-refractivity contribution in [1.29, 1.82) is 0 Å². The number of nitrogens with zero attached hydrogens (tertiary/aromatic N) is 1. The van der Waals surface area contributed by atoms with E-state index in [1.54, 1.807) is 0 Å². The van der Waals surface area contributed by atoms with Gasteiger partial charge in [-0.15, -0.1) is 0 Å². The van der Waals surface area contributed by atoms with Gasteiger partial charge in [-0.3, -0.25) is 9.69 Å². The van der Waals surface area contributed by atoms with Crippen LogP contribution in [0.15, 0.2) is 60.7 Å². The Kier molecular flexibility index (Phi) is 7.46. The smallest absolute Gasteiger partial charge is 0.306 e. The minimum absolute atomic E-state index is 0.0443. The minimum Gasteiger partial charge on any atom is -0.466 e. The molecular weight excluding hydrogens is 334 g/mol. The van der Waals surface area contributed by atoms with Crippen LogP contribution in [0.2, 0.25) is 0 Å². The van der Waals surface area contributed by atoms with Crippen molar-refractivity contribution < 1.29 is 9.53 Å². The van der Waals surface area contributed by atoms with Gasteiger partial charge in [-0.2, -0.15) is 0 Å². The van der Waals surface area contributed by atoms with Crippen molar-refractivity contribution in [3.63, 3.8) is 0 Å². The van der Waals surface area contributed by atoms with Crippen LogP contribution in [0, 0.1) is 5.92 Å². The van der Waals surface area contributed by atoms with Crippen molar-refractivity contribution >= 4 is 5.97 Å². The molecule has 0 N–H and O–H groups in total. The van der Waals surface area contributed by atoms with Gasteiger partial charge in [-0.1, -0.05) is 67.1 Å². The van der Waals surface area contributed by atoms with Gasteiger partial charge in [0.25, 0.3) is 0 Å². The maximum Gasteiger partial charge on any atom is 0.306 e. The van der Waals surface area contributed by atoms with Gasteiger partial charge in [0.05, 0.1) is 6.61 Å². The minimum atomic E-state index is -0.0443. The summed E-state index contributed by atoms with van der Waals surface area (Å²) in [4.78, 5) is 14.7. The van der Waals surface area contributed by atoms with Crippen LogP contribution in [0.3, 0.4) is 0 Å². The quantitative estimate of drug-likeness (QED) is 0.595. The summed E-state index contributed by atoms with van der Waals surface area (Å²) in [6.45, 7) is 4.31. The summed E-state index contributed by atoms with van der Waals surface area (Å²) in [7, 11) is 0. The molecule has 0 amide bonds. The van der Waals surface area contributed by atoms with Crippen LogP contribution in [0.25, 0.3) is 0 Å². The summed E-state index contributed by atoms with van der Waals surface area (Å²) < 4.78 is 5.22. The standard InChI is InChI=1S/C24H31NO2/c1-2-27-24(26)18-22-14-9-15-23(22)25(19-21-12-7-4-8-13-21)17-16-20-10-5-3-6-11-20/h3-8,10-13,22-23H,2,9,14-19H2,1H3/t22-,23-/m1/s1. The molecule has 0 bridgehead atoms. The number of hydrogen-bond acceptors (Lipinski definition) is 3. The normalized spacial score (nSPS) is 19.3. The molecule has 1 aliphatic carbocycles. The van der Waals surface area contributed by atoms with E-state index in [-0.39, 0.29) is 5.97 Å². The first-order valence-electron chi connectivity index (χ1n) is 10.2. The SMILES string of the molecule is CCOC(=O)C[C@H]1CCC[C@H]1N(CCc1ccccc1)Cc1ccccc1. The second kappa shape index (κ2) is 10.3. The largest absolute Gasteiger partial charge is 0.466 e. The molecule has 0 radical (unpaired) electrons. The van der Waals surface area contributed by atoms with E-state index in [9.17, 15) is 4.79 Å². The molecule has 0 saturated heterocycles. The number of rotatable bonds is 9. The Bertz CT molecular complexity index is 686. The van der Waals surface area contributed by atoms with Gasteiger partial charge in [0.15, 0.2) is 0 Å². The molecule has 3 nitrogen and oxygen atoms in total. The molecule has 0 unspecified atom stereocenters. The summed E-state index contributed by atoms with van der Waals surface area (Å²) in [5.41, 5.74) is 2.71. The van der Waals surface area contributed by atoms with Crippen molar-refractivity contribution in [2.75, 3.05) is 13.2 Å². The first kappa shape index (κ1) is 19.6. The average molecular weight is 366 g/mol. The van der Waals surface area contributed by atoms with Gasteiger partial charge in [0.2, 0.25) is 0 Å². The summed E-state index contributed by atoms with van der Waals surface area (Å²) in [6, 6.07) is 21.8. The zero-order valence-corrected chi connectivity index (χ0v) is 16.3. The van der Waals surface area contributed by atoms with Gasteiger partial charge in [-0.05, 0) is 43.2 Å². The molecular formula is C24H31NO2. The third-order valence-corrected chi connectivity index (χ3v) is 5.58. The van der Waals surface area contributed by atoms with Crippen LogP contribution in [0.5, 0.6) is 0 Å². The van der Waals surface area contributed by atoms with E-state index >= 15 is 0 Å². The molecule has 0 spiro atoms. The van der Waals surface area contributed by atoms with Gasteiger partial charge < -0.3 is 4.74 Å². The van der Waals surface area contributed by atoms with E-state index in [1.165, 1.54) is 24.0 Å². The predicted molar refractivity (Wildman–Crippen MR) is 109 cm³/mol. The van der Waals surface area contributed by atoms with Gasteiger partial charge in [0.1, 0.15) is 0 Å². The topological polar surface area (TPSA) is 29.5 Å². The fraction of sp³-hybridized carbons (Fsp3) is 0.458. The van der Waals surface area contributed by atoms with E-state index in [0.717, 1.165) is 25.9 Å². The summed E-state index contributed by atoms with van der Waals surface area (Å²) in [5, 5.41) is 0.